The second kappa shape index (κ2) is 6.45. The predicted octanol–water partition coefficient (Wildman–Crippen LogP) is 3.35. The molecule has 0 N–H and O–H groups in total. The van der Waals surface area contributed by atoms with Gasteiger partial charge in [-0.1, -0.05) is 13.3 Å². The van der Waals surface area contributed by atoms with Crippen molar-refractivity contribution < 1.29 is 18.3 Å². The maximum Gasteiger partial charge on any atom is 0.194 e. The molecule has 0 aliphatic carbocycles. The number of carbonyl (C=O) groups excluding carboxylic acids is 1. The number of halogens is 2. The van der Waals surface area contributed by atoms with Crippen molar-refractivity contribution in [1.82, 2.24) is 0 Å². The summed E-state index contributed by atoms with van der Waals surface area (Å²) in [5, 5.41) is 0. The van der Waals surface area contributed by atoms with E-state index in [4.69, 9.17) is 4.74 Å². The van der Waals surface area contributed by atoms with Crippen molar-refractivity contribution in [3.8, 4) is 0 Å². The Hall–Kier alpha value is -1.29. The molecule has 0 saturated carbocycles. The van der Waals surface area contributed by atoms with Crippen LogP contribution >= 0.6 is 0 Å². The highest BCUT2D eigenvalue weighted by molar-refractivity contribution is 5.99. The van der Waals surface area contributed by atoms with Crippen molar-refractivity contribution >= 4 is 5.78 Å². The highest BCUT2D eigenvalue weighted by Crippen LogP contribution is 2.13. The van der Waals surface area contributed by atoms with Crippen LogP contribution in [0.4, 0.5) is 8.78 Å². The molecular weight excluding hydrogens is 226 g/mol. The summed E-state index contributed by atoms with van der Waals surface area (Å²) >= 11 is 0. The molecule has 2 nitrogen and oxygen atoms in total. The Labute approximate surface area is 99.6 Å². The van der Waals surface area contributed by atoms with Gasteiger partial charge in [0.05, 0.1) is 5.56 Å². The van der Waals surface area contributed by atoms with Gasteiger partial charge in [0.1, 0.15) is 17.7 Å². The van der Waals surface area contributed by atoms with E-state index in [1.54, 1.807) is 6.92 Å². The van der Waals surface area contributed by atoms with Gasteiger partial charge in [0.15, 0.2) is 5.78 Å². The predicted molar refractivity (Wildman–Crippen MR) is 61.0 cm³/mol. The van der Waals surface area contributed by atoms with Crippen molar-refractivity contribution in [3.63, 3.8) is 0 Å². The molecular formula is C13H16F2O2. The summed E-state index contributed by atoms with van der Waals surface area (Å²) in [5.74, 6) is -2.00. The van der Waals surface area contributed by atoms with Crippen molar-refractivity contribution in [2.24, 2.45) is 0 Å². The minimum atomic E-state index is -0.846. The third kappa shape index (κ3) is 3.89. The maximum atomic E-state index is 13.3. The smallest absolute Gasteiger partial charge is 0.194 e. The minimum absolute atomic E-state index is 0.129. The fourth-order valence-corrected chi connectivity index (χ4v) is 1.39. The van der Waals surface area contributed by atoms with Gasteiger partial charge in [0.25, 0.3) is 0 Å². The highest BCUT2D eigenvalue weighted by atomic mass is 19.1. The molecule has 0 heterocycles. The molecule has 0 saturated heterocycles. The van der Waals surface area contributed by atoms with Crippen molar-refractivity contribution in [2.45, 2.75) is 32.8 Å². The minimum Gasteiger partial charge on any atom is -0.370 e. The van der Waals surface area contributed by atoms with E-state index >= 15 is 0 Å². The Morgan fingerprint density at radius 3 is 2.71 bits per heavy atom. The van der Waals surface area contributed by atoms with Crippen LogP contribution in [0.1, 0.15) is 37.0 Å². The summed E-state index contributed by atoms with van der Waals surface area (Å²) in [7, 11) is 0. The van der Waals surface area contributed by atoms with Crippen LogP contribution in [0.3, 0.4) is 0 Å². The zero-order valence-corrected chi connectivity index (χ0v) is 10.0. The zero-order valence-electron chi connectivity index (χ0n) is 10.0. The number of unbranched alkanes of at least 4 members (excludes halogenated alkanes) is 1. The van der Waals surface area contributed by atoms with Crippen LogP contribution in [-0.4, -0.2) is 18.5 Å². The lowest BCUT2D eigenvalue weighted by molar-refractivity contribution is 0.0464. The summed E-state index contributed by atoms with van der Waals surface area (Å²) in [6, 6.07) is 2.91. The van der Waals surface area contributed by atoms with Gasteiger partial charge < -0.3 is 4.74 Å². The van der Waals surface area contributed by atoms with Crippen LogP contribution in [-0.2, 0) is 4.74 Å². The van der Waals surface area contributed by atoms with Crippen LogP contribution in [0.2, 0.25) is 0 Å². The summed E-state index contributed by atoms with van der Waals surface area (Å²) in [6.07, 6.45) is 1.11. The topological polar surface area (TPSA) is 26.3 Å². The first-order valence-corrected chi connectivity index (χ1v) is 5.67. The third-order valence-corrected chi connectivity index (χ3v) is 2.43. The lowest BCUT2D eigenvalue weighted by Crippen LogP contribution is -2.22. The maximum absolute atomic E-state index is 13.3. The number of carbonyl (C=O) groups is 1. The normalized spacial score (nSPS) is 12.5. The first kappa shape index (κ1) is 13.8. The van der Waals surface area contributed by atoms with Crippen LogP contribution in [0.25, 0.3) is 0 Å². The van der Waals surface area contributed by atoms with E-state index in [0.29, 0.717) is 12.7 Å². The SMILES string of the molecule is CCCCOC(C)C(=O)c1ccc(F)cc1F. The van der Waals surface area contributed by atoms with E-state index in [-0.39, 0.29) is 5.56 Å². The van der Waals surface area contributed by atoms with Crippen LogP contribution in [0.5, 0.6) is 0 Å². The molecule has 0 aliphatic rings. The molecule has 0 aliphatic heterocycles. The van der Waals surface area contributed by atoms with Crippen molar-refractivity contribution in [1.29, 1.82) is 0 Å². The van der Waals surface area contributed by atoms with Gasteiger partial charge in [0.2, 0.25) is 0 Å². The van der Waals surface area contributed by atoms with Crippen molar-refractivity contribution in [2.75, 3.05) is 6.61 Å². The summed E-state index contributed by atoms with van der Waals surface area (Å²) < 4.78 is 31.3. The first-order valence-electron chi connectivity index (χ1n) is 5.67. The Kier molecular flexibility index (Phi) is 5.22. The van der Waals surface area contributed by atoms with Gasteiger partial charge in [-0.2, -0.15) is 0 Å². The Bertz CT molecular complexity index is 391. The number of Topliss-reactive ketones (excluding diaryl/α,β-unsaturated/α-hetero) is 1. The molecule has 1 aromatic carbocycles. The molecule has 0 bridgehead atoms. The average molecular weight is 242 g/mol. The second-order valence-electron chi connectivity index (χ2n) is 3.85. The Balaban J connectivity index is 2.68. The second-order valence-corrected chi connectivity index (χ2v) is 3.85. The summed E-state index contributed by atoms with van der Waals surface area (Å²) in [5.41, 5.74) is -0.129. The van der Waals surface area contributed by atoms with E-state index in [1.807, 2.05) is 6.92 Å². The van der Waals surface area contributed by atoms with Gasteiger partial charge >= 0.3 is 0 Å². The number of benzene rings is 1. The molecule has 0 aromatic heterocycles. The first-order chi connectivity index (χ1) is 8.06. The van der Waals surface area contributed by atoms with E-state index in [0.717, 1.165) is 25.0 Å². The summed E-state index contributed by atoms with van der Waals surface area (Å²) in [4.78, 5) is 11.8. The number of ether oxygens (including phenoxy) is 1. The number of hydrogen-bond donors (Lipinski definition) is 0. The van der Waals surface area contributed by atoms with E-state index in [9.17, 15) is 13.6 Å². The van der Waals surface area contributed by atoms with E-state index in [1.165, 1.54) is 0 Å². The molecule has 0 fully saturated rings. The molecule has 0 amide bonds. The van der Waals surface area contributed by atoms with Gasteiger partial charge in [-0.3, -0.25) is 4.79 Å². The molecule has 4 heteroatoms. The largest absolute Gasteiger partial charge is 0.370 e. The Morgan fingerprint density at radius 2 is 2.12 bits per heavy atom. The average Bonchev–Trinajstić information content (AvgIpc) is 2.28. The highest BCUT2D eigenvalue weighted by Gasteiger charge is 2.19. The summed E-state index contributed by atoms with van der Waals surface area (Å²) in [6.45, 7) is 4.04. The van der Waals surface area contributed by atoms with Gasteiger partial charge in [-0.05, 0) is 25.5 Å². The molecule has 94 valence electrons. The third-order valence-electron chi connectivity index (χ3n) is 2.43. The number of rotatable bonds is 6. The van der Waals surface area contributed by atoms with Crippen LogP contribution < -0.4 is 0 Å². The van der Waals surface area contributed by atoms with Gasteiger partial charge in [-0.25, -0.2) is 8.78 Å². The number of hydrogen-bond acceptors (Lipinski definition) is 2. The monoisotopic (exact) mass is 242 g/mol. The van der Waals surface area contributed by atoms with Gasteiger partial charge in [-0.15, -0.1) is 0 Å². The number of ketones is 1. The molecule has 1 atom stereocenters. The molecule has 0 radical (unpaired) electrons. The fourth-order valence-electron chi connectivity index (χ4n) is 1.39. The lowest BCUT2D eigenvalue weighted by Gasteiger charge is -2.12. The fraction of sp³-hybridized carbons (Fsp3) is 0.462. The molecule has 1 unspecified atom stereocenters. The molecule has 1 rings (SSSR count). The van der Waals surface area contributed by atoms with Gasteiger partial charge in [0, 0.05) is 12.7 Å². The Morgan fingerprint density at radius 1 is 1.41 bits per heavy atom. The lowest BCUT2D eigenvalue weighted by atomic mass is 10.1. The quantitative estimate of drug-likeness (QED) is 0.565. The molecule has 0 spiro atoms. The zero-order chi connectivity index (χ0) is 12.8. The van der Waals surface area contributed by atoms with E-state index in [2.05, 4.69) is 0 Å². The molecule has 1 aromatic rings. The van der Waals surface area contributed by atoms with Crippen molar-refractivity contribution in [3.05, 3.63) is 35.4 Å². The standard InChI is InChI=1S/C13H16F2O2/c1-3-4-7-17-9(2)13(16)11-6-5-10(14)8-12(11)15/h5-6,8-9H,3-4,7H2,1-2H3. The molecule has 17 heavy (non-hydrogen) atoms. The van der Waals surface area contributed by atoms with E-state index < -0.39 is 23.5 Å². The van der Waals surface area contributed by atoms with Crippen LogP contribution in [0.15, 0.2) is 18.2 Å². The van der Waals surface area contributed by atoms with Crippen LogP contribution in [0, 0.1) is 11.6 Å².